The topological polar surface area (TPSA) is 157 Å². The lowest BCUT2D eigenvalue weighted by Crippen LogP contribution is -2.54. The fourth-order valence-corrected chi connectivity index (χ4v) is 8.95. The van der Waals surface area contributed by atoms with E-state index >= 15 is 0 Å². The molecule has 3 aliphatic carbocycles. The summed E-state index contributed by atoms with van der Waals surface area (Å²) in [6.07, 6.45) is 7.58. The number of ether oxygens (including phenoxy) is 2. The number of aryl methyl sites for hydroxylation is 2. The van der Waals surface area contributed by atoms with Gasteiger partial charge in [-0.25, -0.2) is 13.4 Å². The summed E-state index contributed by atoms with van der Waals surface area (Å²) in [7, 11) is -0.457. The lowest BCUT2D eigenvalue weighted by atomic mass is 9.93. The van der Waals surface area contributed by atoms with E-state index in [2.05, 4.69) is 15.0 Å². The third-order valence-electron chi connectivity index (χ3n) is 10.8. The molecule has 2 N–H and O–H groups in total. The lowest BCUT2D eigenvalue weighted by Gasteiger charge is -2.26. The number of pyridine rings is 2. The zero-order chi connectivity index (χ0) is 36.1. The number of rotatable bonds is 7. The van der Waals surface area contributed by atoms with Crippen molar-refractivity contribution >= 4 is 38.6 Å². The maximum atomic E-state index is 14.2. The van der Waals surface area contributed by atoms with Crippen LogP contribution in [0, 0.1) is 31.6 Å². The van der Waals surface area contributed by atoms with Gasteiger partial charge in [0.05, 0.1) is 41.1 Å². The van der Waals surface area contributed by atoms with Crippen LogP contribution in [0.3, 0.4) is 0 Å². The first-order chi connectivity index (χ1) is 24.4. The van der Waals surface area contributed by atoms with E-state index in [0.29, 0.717) is 47.8 Å². The van der Waals surface area contributed by atoms with Gasteiger partial charge >= 0.3 is 0 Å². The molecule has 0 bridgehead atoms. The van der Waals surface area contributed by atoms with Crippen LogP contribution in [0.1, 0.15) is 62.6 Å². The maximum absolute atomic E-state index is 14.2. The van der Waals surface area contributed by atoms with Gasteiger partial charge in [0.2, 0.25) is 21.8 Å². The smallest absolute Gasteiger partial charge is 0.259 e. The summed E-state index contributed by atoms with van der Waals surface area (Å²) in [4.78, 5) is 53.2. The Morgan fingerprint density at radius 1 is 1.02 bits per heavy atom. The quantitative estimate of drug-likeness (QED) is 0.339. The third-order valence-corrected chi connectivity index (χ3v) is 12.6. The Bertz CT molecular complexity index is 2030. The van der Waals surface area contributed by atoms with Crippen LogP contribution >= 0.6 is 0 Å². The van der Waals surface area contributed by atoms with Crippen molar-refractivity contribution in [1.29, 1.82) is 0 Å². The van der Waals surface area contributed by atoms with Crippen LogP contribution in [-0.2, 0) is 24.4 Å². The first-order valence-electron chi connectivity index (χ1n) is 17.8. The zero-order valence-corrected chi connectivity index (χ0v) is 30.3. The normalized spacial score (nSPS) is 27.5. The predicted octanol–water partition coefficient (Wildman–Crippen LogP) is 4.38. The minimum Gasteiger partial charge on any atom is -0.496 e. The summed E-state index contributed by atoms with van der Waals surface area (Å²) in [5.74, 6) is -1.93. The Kier molecular flexibility index (Phi) is 9.28. The van der Waals surface area contributed by atoms with Crippen LogP contribution in [0.15, 0.2) is 48.6 Å². The van der Waals surface area contributed by atoms with Crippen molar-refractivity contribution in [2.75, 3.05) is 20.7 Å². The van der Waals surface area contributed by atoms with Crippen molar-refractivity contribution in [3.8, 4) is 22.9 Å². The van der Waals surface area contributed by atoms with Crippen molar-refractivity contribution in [3.63, 3.8) is 0 Å². The highest BCUT2D eigenvalue weighted by Gasteiger charge is 2.62. The monoisotopic (exact) mass is 715 g/mol. The van der Waals surface area contributed by atoms with Gasteiger partial charge in [0, 0.05) is 42.2 Å². The second kappa shape index (κ2) is 13.6. The second-order valence-corrected chi connectivity index (χ2v) is 16.5. The molecule has 51 heavy (non-hydrogen) atoms. The number of allylic oxidation sites excluding steroid dienone is 1. The molecule has 5 atom stereocenters. The highest BCUT2D eigenvalue weighted by molar-refractivity contribution is 7.91. The van der Waals surface area contributed by atoms with Crippen LogP contribution in [0.4, 0.5) is 0 Å². The Balaban J connectivity index is 1.21. The van der Waals surface area contributed by atoms with Gasteiger partial charge in [-0.05, 0) is 89.5 Å². The zero-order valence-electron chi connectivity index (χ0n) is 29.5. The number of sulfonamides is 1. The number of hydrogen-bond donors (Lipinski definition) is 2. The standard InChI is InChI=1S/C38H45N5O7S/c1-22-10-9-12-30(39-22)31-20-33(27-15-16-32(49-4)23(2)34(27)40-31)50-25-18-28-29(19-25)36(45)43(3)17-8-6-5-7-11-24-21-38(24,41-35(28)44)37(46)42-51(47,48)26-13-14-26/h7,9-12,15-16,20,24-26,28-29H,5-6,8,13-14,17-19,21H2,1-4H3,(H,41,44)(H,42,46)/b11-7-/t24-,25-,28-,29-,38-/m1/s1. The van der Waals surface area contributed by atoms with Crippen molar-refractivity contribution in [1.82, 2.24) is 24.9 Å². The molecule has 4 aliphatic rings. The summed E-state index contributed by atoms with van der Waals surface area (Å²) >= 11 is 0. The molecular formula is C38H45N5O7S. The summed E-state index contributed by atoms with van der Waals surface area (Å²) in [5, 5.41) is 3.13. The number of aromatic nitrogens is 2. The summed E-state index contributed by atoms with van der Waals surface area (Å²) in [6.45, 7) is 4.41. The molecule has 270 valence electrons. The molecule has 0 radical (unpaired) electrons. The molecule has 0 unspecified atom stereocenters. The largest absolute Gasteiger partial charge is 0.496 e. The molecule has 3 fully saturated rings. The van der Waals surface area contributed by atoms with Gasteiger partial charge < -0.3 is 19.7 Å². The van der Waals surface area contributed by atoms with Gasteiger partial charge in [0.25, 0.3) is 5.91 Å². The van der Waals surface area contributed by atoms with Gasteiger partial charge in [-0.3, -0.25) is 24.1 Å². The first-order valence-corrected chi connectivity index (χ1v) is 19.3. The molecule has 13 heteroatoms. The number of nitrogens with zero attached hydrogens (tertiary/aromatic N) is 3. The van der Waals surface area contributed by atoms with Crippen LogP contribution < -0.4 is 19.5 Å². The van der Waals surface area contributed by atoms with E-state index in [-0.39, 0.29) is 31.1 Å². The minimum atomic E-state index is -3.83. The number of methoxy groups -OCH3 is 1. The summed E-state index contributed by atoms with van der Waals surface area (Å²) in [6, 6.07) is 11.3. The van der Waals surface area contributed by atoms with E-state index in [1.54, 1.807) is 19.1 Å². The average Bonchev–Trinajstić information content (AvgIpc) is 4.03. The molecule has 3 saturated carbocycles. The summed E-state index contributed by atoms with van der Waals surface area (Å²) < 4.78 is 40.1. The van der Waals surface area contributed by atoms with Gasteiger partial charge in [-0.2, -0.15) is 0 Å². The molecule has 0 spiro atoms. The fourth-order valence-electron chi connectivity index (χ4n) is 7.59. The Morgan fingerprint density at radius 3 is 2.55 bits per heavy atom. The molecule has 2 aromatic heterocycles. The number of carbonyl (C=O) groups is 3. The molecule has 7 rings (SSSR count). The number of fused-ring (bicyclic) bond motifs is 3. The van der Waals surface area contributed by atoms with Crippen LogP contribution in [0.5, 0.6) is 11.5 Å². The Labute approximate surface area is 298 Å². The number of carbonyl (C=O) groups excluding carboxylic acids is 3. The van der Waals surface area contributed by atoms with Gasteiger partial charge in [-0.15, -0.1) is 0 Å². The SMILES string of the molecule is COc1ccc2c(O[C@@H]3C[C@H]4C(=O)N[C@]5(C(=O)NS(=O)(=O)C6CC6)C[C@H]5/C=C\CCCCN(C)C(=O)[C@@H]4C3)cc(-c3cccc(C)n3)nc2c1C. The molecular weight excluding hydrogens is 671 g/mol. The molecule has 1 aromatic carbocycles. The molecule has 3 heterocycles. The van der Waals surface area contributed by atoms with Crippen molar-refractivity contribution in [2.45, 2.75) is 82.1 Å². The lowest BCUT2D eigenvalue weighted by molar-refractivity contribution is -0.140. The summed E-state index contributed by atoms with van der Waals surface area (Å²) in [5.41, 5.74) is 2.27. The fraction of sp³-hybridized carbons (Fsp3) is 0.500. The maximum Gasteiger partial charge on any atom is 0.259 e. The van der Waals surface area contributed by atoms with Crippen LogP contribution in [0.25, 0.3) is 22.3 Å². The van der Waals surface area contributed by atoms with Crippen molar-refractivity contribution in [3.05, 3.63) is 59.8 Å². The number of benzene rings is 1. The van der Waals surface area contributed by atoms with E-state index in [1.165, 1.54) is 0 Å². The number of amides is 3. The molecule has 3 aromatic rings. The number of hydrogen-bond acceptors (Lipinski definition) is 9. The Hall–Kier alpha value is -4.52. The van der Waals surface area contributed by atoms with E-state index in [0.717, 1.165) is 35.9 Å². The second-order valence-electron chi connectivity index (χ2n) is 14.5. The molecule has 3 amide bonds. The molecule has 0 saturated heterocycles. The van der Waals surface area contributed by atoms with Gasteiger partial charge in [-0.1, -0.05) is 18.2 Å². The van der Waals surface area contributed by atoms with E-state index in [4.69, 9.17) is 14.5 Å². The minimum absolute atomic E-state index is 0.152. The van der Waals surface area contributed by atoms with Gasteiger partial charge in [0.1, 0.15) is 23.1 Å². The Morgan fingerprint density at radius 2 is 1.80 bits per heavy atom. The van der Waals surface area contributed by atoms with Crippen LogP contribution in [0.2, 0.25) is 0 Å². The third kappa shape index (κ3) is 6.92. The van der Waals surface area contributed by atoms with E-state index in [1.807, 2.05) is 62.4 Å². The highest BCUT2D eigenvalue weighted by atomic mass is 32.2. The van der Waals surface area contributed by atoms with E-state index < -0.39 is 50.6 Å². The van der Waals surface area contributed by atoms with Crippen LogP contribution in [-0.4, -0.2) is 78.6 Å². The van der Waals surface area contributed by atoms with Crippen molar-refractivity contribution < 1.29 is 32.3 Å². The molecule has 12 nitrogen and oxygen atoms in total. The average molecular weight is 716 g/mol. The first kappa shape index (κ1) is 34.9. The predicted molar refractivity (Wildman–Crippen MR) is 191 cm³/mol. The molecule has 1 aliphatic heterocycles. The number of nitrogens with one attached hydrogen (secondary N) is 2. The van der Waals surface area contributed by atoms with Crippen molar-refractivity contribution in [2.24, 2.45) is 17.8 Å². The highest BCUT2D eigenvalue weighted by Crippen LogP contribution is 2.47. The van der Waals surface area contributed by atoms with Gasteiger partial charge in [0.15, 0.2) is 0 Å². The van der Waals surface area contributed by atoms with E-state index in [9.17, 15) is 22.8 Å².